The fourth-order valence-electron chi connectivity index (χ4n) is 3.80. The molecule has 1 aromatic carbocycles. The zero-order valence-electron chi connectivity index (χ0n) is 12.5. The highest BCUT2D eigenvalue weighted by Gasteiger charge is 2.56. The third-order valence-corrected chi connectivity index (χ3v) is 5.12. The number of nitrogens with zero attached hydrogens (tertiary/aromatic N) is 2. The first-order valence-electron chi connectivity index (χ1n) is 7.24. The Morgan fingerprint density at radius 1 is 1.30 bits per heavy atom. The summed E-state index contributed by atoms with van der Waals surface area (Å²) in [7, 11) is 1.69. The summed E-state index contributed by atoms with van der Waals surface area (Å²) in [5, 5.41) is 0. The van der Waals surface area contributed by atoms with Crippen LogP contribution in [0.2, 0.25) is 0 Å². The van der Waals surface area contributed by atoms with Crippen LogP contribution in [0.3, 0.4) is 0 Å². The fraction of sp³-hybridized carbons (Fsp3) is 0.562. The molecule has 2 N–H and O–H groups in total. The Morgan fingerprint density at radius 3 is 2.75 bits per heavy atom. The molecule has 0 saturated heterocycles. The lowest BCUT2D eigenvalue weighted by atomic mass is 9.74. The number of benzene rings is 1. The molecule has 0 aromatic heterocycles. The average molecular weight is 273 g/mol. The molecule has 1 aliphatic carbocycles. The zero-order chi connectivity index (χ0) is 14.4. The van der Waals surface area contributed by atoms with E-state index in [0.717, 1.165) is 24.4 Å². The van der Waals surface area contributed by atoms with Gasteiger partial charge in [-0.1, -0.05) is 26.3 Å². The topological polar surface area (TPSA) is 50.9 Å². The number of hydrogen-bond donors (Lipinski definition) is 1. The molecule has 20 heavy (non-hydrogen) atoms. The normalized spacial score (nSPS) is 27.9. The second-order valence-electron chi connectivity index (χ2n) is 6.48. The van der Waals surface area contributed by atoms with E-state index in [2.05, 4.69) is 29.8 Å². The summed E-state index contributed by atoms with van der Waals surface area (Å²) >= 11 is 0. The van der Waals surface area contributed by atoms with E-state index in [1.165, 1.54) is 12.8 Å². The predicted octanol–water partition coefficient (Wildman–Crippen LogP) is 2.78. The lowest BCUT2D eigenvalue weighted by Crippen LogP contribution is -2.57. The first-order valence-corrected chi connectivity index (χ1v) is 7.24. The van der Waals surface area contributed by atoms with Crippen molar-refractivity contribution in [3.05, 3.63) is 24.3 Å². The monoisotopic (exact) mass is 273 g/mol. The molecular weight excluding hydrogens is 250 g/mol. The number of methoxy groups -OCH3 is 1. The van der Waals surface area contributed by atoms with Crippen molar-refractivity contribution in [1.82, 2.24) is 0 Å². The van der Waals surface area contributed by atoms with Gasteiger partial charge in [0.15, 0.2) is 5.96 Å². The Balaban J connectivity index is 2.07. The smallest absolute Gasteiger partial charge is 0.196 e. The Morgan fingerprint density at radius 2 is 2.10 bits per heavy atom. The molecule has 0 bridgehead atoms. The van der Waals surface area contributed by atoms with Gasteiger partial charge in [-0.2, -0.15) is 0 Å². The van der Waals surface area contributed by atoms with Crippen LogP contribution in [-0.2, 0) is 0 Å². The third-order valence-electron chi connectivity index (χ3n) is 5.12. The molecule has 0 amide bonds. The predicted molar refractivity (Wildman–Crippen MR) is 82.3 cm³/mol. The number of nitrogens with two attached hydrogens (primary N) is 1. The minimum atomic E-state index is 0.0173. The molecule has 1 saturated carbocycles. The van der Waals surface area contributed by atoms with Gasteiger partial charge < -0.3 is 15.4 Å². The molecule has 2 aliphatic rings. The number of guanidine groups is 1. The molecule has 0 radical (unpaired) electrons. The van der Waals surface area contributed by atoms with Crippen LogP contribution in [0, 0.1) is 5.41 Å². The largest absolute Gasteiger partial charge is 0.497 e. The number of aliphatic imine (C=N–C) groups is 1. The van der Waals surface area contributed by atoms with E-state index < -0.39 is 0 Å². The Labute approximate surface area is 120 Å². The molecule has 1 heterocycles. The van der Waals surface area contributed by atoms with Crippen molar-refractivity contribution < 1.29 is 4.74 Å². The maximum Gasteiger partial charge on any atom is 0.196 e. The second kappa shape index (κ2) is 4.40. The highest BCUT2D eigenvalue weighted by atomic mass is 16.5. The SMILES string of the molecule is COc1cccc(N2C(N)=NCC23CCCC3(C)C)c1. The van der Waals surface area contributed by atoms with Crippen LogP contribution in [0.4, 0.5) is 5.69 Å². The average Bonchev–Trinajstić information content (AvgIpc) is 2.92. The lowest BCUT2D eigenvalue weighted by Gasteiger charge is -2.45. The maximum absolute atomic E-state index is 6.21. The summed E-state index contributed by atoms with van der Waals surface area (Å²) in [5.74, 6) is 1.49. The van der Waals surface area contributed by atoms with Crippen LogP contribution in [0.15, 0.2) is 29.3 Å². The van der Waals surface area contributed by atoms with Crippen LogP contribution < -0.4 is 15.4 Å². The molecule has 1 atom stereocenters. The van der Waals surface area contributed by atoms with Gasteiger partial charge in [0.2, 0.25) is 0 Å². The van der Waals surface area contributed by atoms with Gasteiger partial charge in [0.05, 0.1) is 19.2 Å². The highest BCUT2D eigenvalue weighted by Crippen LogP contribution is 2.52. The van der Waals surface area contributed by atoms with E-state index in [1.807, 2.05) is 18.2 Å². The molecule has 108 valence electrons. The van der Waals surface area contributed by atoms with E-state index in [0.29, 0.717) is 5.96 Å². The van der Waals surface area contributed by atoms with Crippen molar-refractivity contribution in [3.63, 3.8) is 0 Å². The van der Waals surface area contributed by atoms with Crippen molar-refractivity contribution in [1.29, 1.82) is 0 Å². The summed E-state index contributed by atoms with van der Waals surface area (Å²) in [6.07, 6.45) is 3.59. The molecule has 1 aromatic rings. The highest BCUT2D eigenvalue weighted by molar-refractivity contribution is 5.98. The van der Waals surface area contributed by atoms with E-state index in [9.17, 15) is 0 Å². The molecule has 4 heteroatoms. The Bertz CT molecular complexity index is 552. The fourth-order valence-corrected chi connectivity index (χ4v) is 3.80. The molecule has 1 fully saturated rings. The van der Waals surface area contributed by atoms with Gasteiger partial charge in [-0.25, -0.2) is 0 Å². The van der Waals surface area contributed by atoms with Gasteiger partial charge >= 0.3 is 0 Å². The lowest BCUT2D eigenvalue weighted by molar-refractivity contribution is 0.227. The Kier molecular flexibility index (Phi) is 2.92. The maximum atomic E-state index is 6.21. The molecule has 1 spiro atoms. The second-order valence-corrected chi connectivity index (χ2v) is 6.48. The summed E-state index contributed by atoms with van der Waals surface area (Å²) in [6.45, 7) is 5.46. The van der Waals surface area contributed by atoms with Crippen molar-refractivity contribution in [2.24, 2.45) is 16.1 Å². The van der Waals surface area contributed by atoms with Crippen molar-refractivity contribution >= 4 is 11.6 Å². The van der Waals surface area contributed by atoms with Gasteiger partial charge in [-0.3, -0.25) is 4.99 Å². The van der Waals surface area contributed by atoms with Gasteiger partial charge in [0.25, 0.3) is 0 Å². The van der Waals surface area contributed by atoms with Crippen LogP contribution in [-0.4, -0.2) is 25.2 Å². The minimum Gasteiger partial charge on any atom is -0.497 e. The quantitative estimate of drug-likeness (QED) is 0.901. The van der Waals surface area contributed by atoms with E-state index >= 15 is 0 Å². The minimum absolute atomic E-state index is 0.0173. The summed E-state index contributed by atoms with van der Waals surface area (Å²) in [4.78, 5) is 6.80. The van der Waals surface area contributed by atoms with Crippen LogP contribution in [0.1, 0.15) is 33.1 Å². The van der Waals surface area contributed by atoms with Crippen molar-refractivity contribution in [2.75, 3.05) is 18.6 Å². The molecule has 4 nitrogen and oxygen atoms in total. The van der Waals surface area contributed by atoms with E-state index in [-0.39, 0.29) is 11.0 Å². The van der Waals surface area contributed by atoms with Crippen LogP contribution in [0.5, 0.6) is 5.75 Å². The number of anilines is 1. The zero-order valence-corrected chi connectivity index (χ0v) is 12.5. The summed E-state index contributed by atoms with van der Waals surface area (Å²) in [6, 6.07) is 8.10. The first kappa shape index (κ1) is 13.3. The molecule has 3 rings (SSSR count). The van der Waals surface area contributed by atoms with Gasteiger partial charge in [0.1, 0.15) is 5.75 Å². The standard InChI is InChI=1S/C16H23N3O/c1-15(2)8-5-9-16(15)11-18-14(17)19(16)12-6-4-7-13(10-12)20-3/h4,6-7,10H,5,8-9,11H2,1-3H3,(H2,17,18). The summed E-state index contributed by atoms with van der Waals surface area (Å²) < 4.78 is 5.35. The third kappa shape index (κ3) is 1.70. The number of rotatable bonds is 2. The van der Waals surface area contributed by atoms with Gasteiger partial charge in [-0.15, -0.1) is 0 Å². The van der Waals surface area contributed by atoms with E-state index in [1.54, 1.807) is 7.11 Å². The Hall–Kier alpha value is -1.71. The van der Waals surface area contributed by atoms with Gasteiger partial charge in [0, 0.05) is 11.8 Å². The van der Waals surface area contributed by atoms with Crippen molar-refractivity contribution in [3.8, 4) is 5.75 Å². The van der Waals surface area contributed by atoms with Gasteiger partial charge in [-0.05, 0) is 30.4 Å². The number of hydrogen-bond acceptors (Lipinski definition) is 4. The summed E-state index contributed by atoms with van der Waals surface area (Å²) in [5.41, 5.74) is 7.52. The molecule has 1 aliphatic heterocycles. The molecule has 1 unspecified atom stereocenters. The first-order chi connectivity index (χ1) is 9.50. The van der Waals surface area contributed by atoms with Crippen molar-refractivity contribution in [2.45, 2.75) is 38.6 Å². The van der Waals surface area contributed by atoms with E-state index in [4.69, 9.17) is 10.5 Å². The molecular formula is C16H23N3O. The van der Waals surface area contributed by atoms with Crippen LogP contribution >= 0.6 is 0 Å². The number of ether oxygens (including phenoxy) is 1. The van der Waals surface area contributed by atoms with Crippen LogP contribution in [0.25, 0.3) is 0 Å².